The average Bonchev–Trinajstić information content (AvgIpc) is 2.83. The van der Waals surface area contributed by atoms with Gasteiger partial charge in [-0.25, -0.2) is 8.42 Å². The van der Waals surface area contributed by atoms with Crippen LogP contribution in [0.25, 0.3) is 0 Å². The van der Waals surface area contributed by atoms with Crippen molar-refractivity contribution in [1.29, 1.82) is 0 Å². The van der Waals surface area contributed by atoms with Crippen LogP contribution in [0.1, 0.15) is 32.6 Å². The Bertz CT molecular complexity index is 457. The van der Waals surface area contributed by atoms with Crippen molar-refractivity contribution in [3.05, 3.63) is 0 Å². The number of hydrogen-bond donors (Lipinski definition) is 0. The first-order valence-corrected chi connectivity index (χ1v) is 8.21. The van der Waals surface area contributed by atoms with E-state index in [-0.39, 0.29) is 35.2 Å². The monoisotopic (exact) mass is 273 g/mol. The first-order valence-electron chi connectivity index (χ1n) is 6.39. The fourth-order valence-electron chi connectivity index (χ4n) is 2.89. The number of carbonyl (C=O) groups excluding carboxylic acids is 2. The minimum atomic E-state index is -3.03. The van der Waals surface area contributed by atoms with Crippen molar-refractivity contribution in [1.82, 2.24) is 4.90 Å². The lowest BCUT2D eigenvalue weighted by Gasteiger charge is -2.26. The summed E-state index contributed by atoms with van der Waals surface area (Å²) in [5, 5.41) is 0. The summed E-state index contributed by atoms with van der Waals surface area (Å²) in [4.78, 5) is 25.2. The van der Waals surface area contributed by atoms with Gasteiger partial charge in [0.1, 0.15) is 5.78 Å². The molecule has 1 amide bonds. The van der Waals surface area contributed by atoms with Gasteiger partial charge in [0.25, 0.3) is 0 Å². The molecule has 102 valence electrons. The van der Waals surface area contributed by atoms with Gasteiger partial charge in [-0.3, -0.25) is 9.59 Å². The van der Waals surface area contributed by atoms with E-state index in [0.29, 0.717) is 19.4 Å². The Balaban J connectivity index is 2.02. The Hall–Kier alpha value is -0.910. The Kier molecular flexibility index (Phi) is 3.75. The quantitative estimate of drug-likeness (QED) is 0.746. The van der Waals surface area contributed by atoms with E-state index < -0.39 is 9.84 Å². The van der Waals surface area contributed by atoms with Crippen LogP contribution in [-0.4, -0.2) is 49.1 Å². The van der Waals surface area contributed by atoms with E-state index in [4.69, 9.17) is 0 Å². The number of sulfone groups is 1. The molecule has 0 radical (unpaired) electrons. The molecular formula is C12H19NO4S. The summed E-state index contributed by atoms with van der Waals surface area (Å²) < 4.78 is 22.8. The summed E-state index contributed by atoms with van der Waals surface area (Å²) in [6.45, 7) is 2.19. The lowest BCUT2D eigenvalue weighted by molar-refractivity contribution is -0.136. The minimum absolute atomic E-state index is 0.0155. The van der Waals surface area contributed by atoms with Gasteiger partial charge in [0.15, 0.2) is 9.84 Å². The van der Waals surface area contributed by atoms with Crippen LogP contribution in [0.5, 0.6) is 0 Å². The fourth-order valence-corrected chi connectivity index (χ4v) is 4.63. The molecule has 2 saturated heterocycles. The number of hydrogen-bond acceptors (Lipinski definition) is 4. The second-order valence-corrected chi connectivity index (χ2v) is 7.56. The summed E-state index contributed by atoms with van der Waals surface area (Å²) in [6.07, 6.45) is 2.59. The predicted molar refractivity (Wildman–Crippen MR) is 66.8 cm³/mol. The maximum atomic E-state index is 12.3. The van der Waals surface area contributed by atoms with Gasteiger partial charge in [-0.05, 0) is 26.2 Å². The predicted octanol–water partition coefficient (Wildman–Crippen LogP) is 0.391. The SMILES string of the molecule is CC(=O)CC1CCCN1C(=O)C1CCS(=O)(=O)C1. The molecule has 2 unspecified atom stereocenters. The summed E-state index contributed by atoms with van der Waals surface area (Å²) in [6, 6.07) is -0.0155. The van der Waals surface area contributed by atoms with Crippen LogP contribution in [0.15, 0.2) is 0 Å². The zero-order valence-electron chi connectivity index (χ0n) is 10.6. The highest BCUT2D eigenvalue weighted by molar-refractivity contribution is 7.91. The number of nitrogens with zero attached hydrogens (tertiary/aromatic N) is 1. The molecule has 0 aromatic heterocycles. The van der Waals surface area contributed by atoms with E-state index in [1.54, 1.807) is 4.90 Å². The molecule has 2 aliphatic heterocycles. The van der Waals surface area contributed by atoms with E-state index in [0.717, 1.165) is 12.8 Å². The van der Waals surface area contributed by atoms with Crippen LogP contribution in [0, 0.1) is 5.92 Å². The second kappa shape index (κ2) is 4.99. The third-order valence-corrected chi connectivity index (χ3v) is 5.53. The maximum absolute atomic E-state index is 12.3. The molecule has 18 heavy (non-hydrogen) atoms. The molecule has 0 aliphatic carbocycles. The fraction of sp³-hybridized carbons (Fsp3) is 0.833. The summed E-state index contributed by atoms with van der Waals surface area (Å²) in [5.41, 5.74) is 0. The van der Waals surface area contributed by atoms with Crippen molar-refractivity contribution in [2.45, 2.75) is 38.6 Å². The van der Waals surface area contributed by atoms with E-state index in [2.05, 4.69) is 0 Å². The van der Waals surface area contributed by atoms with Crippen LogP contribution in [0.4, 0.5) is 0 Å². The van der Waals surface area contributed by atoms with Crippen LogP contribution in [0.3, 0.4) is 0 Å². The lowest BCUT2D eigenvalue weighted by atomic mass is 10.0. The molecule has 0 bridgehead atoms. The van der Waals surface area contributed by atoms with Gasteiger partial charge in [0, 0.05) is 19.0 Å². The van der Waals surface area contributed by atoms with Crippen molar-refractivity contribution in [2.24, 2.45) is 5.92 Å². The first kappa shape index (κ1) is 13.5. The van der Waals surface area contributed by atoms with Gasteiger partial charge in [-0.2, -0.15) is 0 Å². The molecule has 5 nitrogen and oxygen atoms in total. The number of Topliss-reactive ketones (excluding diaryl/α,β-unsaturated/α-hetero) is 1. The molecule has 0 spiro atoms. The molecule has 0 N–H and O–H groups in total. The third kappa shape index (κ3) is 2.91. The molecule has 0 aromatic carbocycles. The maximum Gasteiger partial charge on any atom is 0.227 e. The van der Waals surface area contributed by atoms with Crippen LogP contribution < -0.4 is 0 Å². The minimum Gasteiger partial charge on any atom is -0.339 e. The third-order valence-electron chi connectivity index (χ3n) is 3.76. The largest absolute Gasteiger partial charge is 0.339 e. The molecule has 2 heterocycles. The molecule has 2 fully saturated rings. The Morgan fingerprint density at radius 2 is 2.00 bits per heavy atom. The standard InChI is InChI=1S/C12H19NO4S/c1-9(14)7-11-3-2-5-13(11)12(15)10-4-6-18(16,17)8-10/h10-11H,2-8H2,1H3. The second-order valence-electron chi connectivity index (χ2n) is 5.33. The number of rotatable bonds is 3. The highest BCUT2D eigenvalue weighted by atomic mass is 32.2. The Labute approximate surface area is 107 Å². The van der Waals surface area contributed by atoms with Gasteiger partial charge >= 0.3 is 0 Å². The normalized spacial score (nSPS) is 30.6. The van der Waals surface area contributed by atoms with E-state index in [9.17, 15) is 18.0 Å². The lowest BCUT2D eigenvalue weighted by Crippen LogP contribution is -2.40. The Morgan fingerprint density at radius 1 is 1.28 bits per heavy atom. The topological polar surface area (TPSA) is 71.5 Å². The average molecular weight is 273 g/mol. The summed E-state index contributed by atoms with van der Waals surface area (Å²) >= 11 is 0. The molecular weight excluding hydrogens is 254 g/mol. The molecule has 0 aromatic rings. The Morgan fingerprint density at radius 3 is 2.56 bits per heavy atom. The van der Waals surface area contributed by atoms with Gasteiger partial charge in [0.05, 0.1) is 17.4 Å². The van der Waals surface area contributed by atoms with Gasteiger partial charge in [-0.1, -0.05) is 0 Å². The number of carbonyl (C=O) groups is 2. The van der Waals surface area contributed by atoms with Crippen molar-refractivity contribution in [2.75, 3.05) is 18.1 Å². The smallest absolute Gasteiger partial charge is 0.227 e. The van der Waals surface area contributed by atoms with Crippen LogP contribution in [-0.2, 0) is 19.4 Å². The molecule has 6 heteroatoms. The van der Waals surface area contributed by atoms with Crippen molar-refractivity contribution in [3.8, 4) is 0 Å². The van der Waals surface area contributed by atoms with Crippen LogP contribution >= 0.6 is 0 Å². The van der Waals surface area contributed by atoms with E-state index in [1.807, 2.05) is 0 Å². The first-order chi connectivity index (χ1) is 8.39. The summed E-state index contributed by atoms with van der Waals surface area (Å²) in [7, 11) is -3.03. The molecule has 2 rings (SSSR count). The van der Waals surface area contributed by atoms with Crippen molar-refractivity contribution >= 4 is 21.5 Å². The van der Waals surface area contributed by atoms with E-state index >= 15 is 0 Å². The van der Waals surface area contributed by atoms with Crippen LogP contribution in [0.2, 0.25) is 0 Å². The molecule has 2 aliphatic rings. The van der Waals surface area contributed by atoms with Gasteiger partial charge in [0.2, 0.25) is 5.91 Å². The number of ketones is 1. The zero-order valence-corrected chi connectivity index (χ0v) is 11.4. The number of likely N-dealkylation sites (tertiary alicyclic amines) is 1. The highest BCUT2D eigenvalue weighted by Gasteiger charge is 2.39. The van der Waals surface area contributed by atoms with E-state index in [1.165, 1.54) is 6.92 Å². The highest BCUT2D eigenvalue weighted by Crippen LogP contribution is 2.27. The van der Waals surface area contributed by atoms with Crippen molar-refractivity contribution in [3.63, 3.8) is 0 Å². The van der Waals surface area contributed by atoms with Gasteiger partial charge < -0.3 is 4.90 Å². The molecule has 2 atom stereocenters. The van der Waals surface area contributed by atoms with Gasteiger partial charge in [-0.15, -0.1) is 0 Å². The zero-order chi connectivity index (χ0) is 13.3. The molecule has 0 saturated carbocycles. The van der Waals surface area contributed by atoms with Crippen molar-refractivity contribution < 1.29 is 18.0 Å². The number of amides is 1. The summed E-state index contributed by atoms with van der Waals surface area (Å²) in [5.74, 6) is -0.273.